The van der Waals surface area contributed by atoms with Gasteiger partial charge >= 0.3 is 0 Å². The maximum Gasteiger partial charge on any atom is 0.243 e. The lowest BCUT2D eigenvalue weighted by atomic mass is 9.73. The molecule has 0 amide bonds. The summed E-state index contributed by atoms with van der Waals surface area (Å²) in [4.78, 5) is 2.22. The predicted octanol–water partition coefficient (Wildman–Crippen LogP) is 1.86. The van der Waals surface area contributed by atoms with Crippen molar-refractivity contribution in [3.8, 4) is 0 Å². The van der Waals surface area contributed by atoms with Gasteiger partial charge in [0.05, 0.1) is 16.6 Å². The smallest absolute Gasteiger partial charge is 0.243 e. The van der Waals surface area contributed by atoms with Gasteiger partial charge in [0.2, 0.25) is 10.0 Å². The van der Waals surface area contributed by atoms with Crippen LogP contribution in [0.5, 0.6) is 0 Å². The number of ether oxygens (including phenoxy) is 1. The number of rotatable bonds is 4. The van der Waals surface area contributed by atoms with Gasteiger partial charge in [0.15, 0.2) is 0 Å². The molecule has 0 aromatic heterocycles. The molecule has 25 heavy (non-hydrogen) atoms. The molecule has 0 N–H and O–H groups in total. The van der Waals surface area contributed by atoms with Crippen LogP contribution in [-0.4, -0.2) is 63.1 Å². The molecule has 0 aliphatic carbocycles. The van der Waals surface area contributed by atoms with Crippen LogP contribution in [0.3, 0.4) is 0 Å². The molecule has 1 aromatic rings. The van der Waals surface area contributed by atoms with E-state index in [1.807, 2.05) is 14.1 Å². The zero-order chi connectivity index (χ0) is 18.0. The molecule has 0 unspecified atom stereocenters. The number of fused-ring (bicyclic) bond motifs is 1. The number of aryl methyl sites for hydroxylation is 1. The Labute approximate surface area is 148 Å². The molecule has 4 rings (SSSR count). The lowest BCUT2D eigenvalue weighted by Crippen LogP contribution is -2.40. The van der Waals surface area contributed by atoms with E-state index < -0.39 is 15.8 Å². The van der Waals surface area contributed by atoms with Gasteiger partial charge in [-0.3, -0.25) is 0 Å². The molecule has 5 nitrogen and oxygen atoms in total. The van der Waals surface area contributed by atoms with Crippen LogP contribution in [0.4, 0.5) is 4.39 Å². The second-order valence-electron chi connectivity index (χ2n) is 8.00. The van der Waals surface area contributed by atoms with Crippen molar-refractivity contribution in [2.24, 2.45) is 11.8 Å². The molecule has 1 spiro atoms. The standard InChI is InChI=1S/C18H25FN2O3S/c1-12-4-5-13(19)8-17(12)25(22,23)21-10-15-14(9-20(2)3)16-6-7-18(15,11-21)24-16/h4-5,8,14-16H,6-7,9-11H2,1-3H3/t14-,15+,16+,18+/m0/s1. The highest BCUT2D eigenvalue weighted by Gasteiger charge is 2.64. The number of nitrogens with zero attached hydrogens (tertiary/aromatic N) is 2. The summed E-state index contributed by atoms with van der Waals surface area (Å²) < 4.78 is 47.7. The summed E-state index contributed by atoms with van der Waals surface area (Å²) in [6.07, 6.45) is 2.16. The van der Waals surface area contributed by atoms with Crippen LogP contribution in [0.25, 0.3) is 0 Å². The van der Waals surface area contributed by atoms with Crippen LogP contribution in [-0.2, 0) is 14.8 Å². The fourth-order valence-electron chi connectivity index (χ4n) is 4.99. The molecule has 1 aromatic carbocycles. The fraction of sp³-hybridized carbons (Fsp3) is 0.667. The summed E-state index contributed by atoms with van der Waals surface area (Å²) in [5.41, 5.74) is 0.227. The van der Waals surface area contributed by atoms with Crippen molar-refractivity contribution < 1.29 is 17.5 Å². The van der Waals surface area contributed by atoms with E-state index in [1.54, 1.807) is 6.92 Å². The Balaban J connectivity index is 1.65. The van der Waals surface area contributed by atoms with E-state index in [2.05, 4.69) is 4.90 Å². The van der Waals surface area contributed by atoms with Gasteiger partial charge in [0.1, 0.15) is 5.82 Å². The topological polar surface area (TPSA) is 49.9 Å². The van der Waals surface area contributed by atoms with Crippen molar-refractivity contribution in [3.05, 3.63) is 29.6 Å². The van der Waals surface area contributed by atoms with Crippen molar-refractivity contribution in [3.63, 3.8) is 0 Å². The first-order chi connectivity index (χ1) is 11.7. The van der Waals surface area contributed by atoms with E-state index in [9.17, 15) is 12.8 Å². The van der Waals surface area contributed by atoms with Crippen LogP contribution >= 0.6 is 0 Å². The number of hydrogen-bond donors (Lipinski definition) is 0. The third kappa shape index (κ3) is 2.63. The van der Waals surface area contributed by atoms with Crippen molar-refractivity contribution in [2.45, 2.75) is 36.4 Å². The molecular weight excluding hydrogens is 343 g/mol. The largest absolute Gasteiger partial charge is 0.370 e. The summed E-state index contributed by atoms with van der Waals surface area (Å²) >= 11 is 0. The molecule has 3 saturated heterocycles. The van der Waals surface area contributed by atoms with Crippen LogP contribution in [0.1, 0.15) is 18.4 Å². The van der Waals surface area contributed by atoms with Crippen molar-refractivity contribution in [2.75, 3.05) is 33.7 Å². The van der Waals surface area contributed by atoms with Crippen molar-refractivity contribution >= 4 is 10.0 Å². The fourth-order valence-corrected chi connectivity index (χ4v) is 6.75. The maximum absolute atomic E-state index is 13.6. The van der Waals surface area contributed by atoms with Gasteiger partial charge < -0.3 is 9.64 Å². The van der Waals surface area contributed by atoms with E-state index in [0.717, 1.165) is 25.5 Å². The second-order valence-corrected chi connectivity index (χ2v) is 9.91. The molecule has 0 radical (unpaired) electrons. The number of benzene rings is 1. The third-order valence-corrected chi connectivity index (χ3v) is 8.05. The Bertz CT molecular complexity index is 798. The summed E-state index contributed by atoms with van der Waals surface area (Å²) in [7, 11) is 0.364. The molecule has 3 aliphatic rings. The molecule has 7 heteroatoms. The first-order valence-corrected chi connectivity index (χ1v) is 10.3. The van der Waals surface area contributed by atoms with E-state index >= 15 is 0 Å². The van der Waals surface area contributed by atoms with Gasteiger partial charge in [0, 0.05) is 31.5 Å². The van der Waals surface area contributed by atoms with Crippen LogP contribution in [0.15, 0.2) is 23.1 Å². The highest BCUT2D eigenvalue weighted by atomic mass is 32.2. The predicted molar refractivity (Wildman–Crippen MR) is 92.3 cm³/mol. The zero-order valence-corrected chi connectivity index (χ0v) is 15.7. The minimum atomic E-state index is -3.72. The van der Waals surface area contributed by atoms with Crippen LogP contribution in [0.2, 0.25) is 0 Å². The zero-order valence-electron chi connectivity index (χ0n) is 14.9. The molecule has 2 bridgehead atoms. The number of hydrogen-bond acceptors (Lipinski definition) is 4. The number of halogens is 1. The van der Waals surface area contributed by atoms with Gasteiger partial charge in [-0.1, -0.05) is 6.07 Å². The van der Waals surface area contributed by atoms with Gasteiger partial charge in [-0.15, -0.1) is 0 Å². The molecule has 3 aliphatic heterocycles. The highest BCUT2D eigenvalue weighted by Crippen LogP contribution is 2.55. The summed E-state index contributed by atoms with van der Waals surface area (Å²) in [5, 5.41) is 0. The van der Waals surface area contributed by atoms with E-state index in [1.165, 1.54) is 16.4 Å². The summed E-state index contributed by atoms with van der Waals surface area (Å²) in [5.74, 6) is 0.0549. The highest BCUT2D eigenvalue weighted by molar-refractivity contribution is 7.89. The average Bonchev–Trinajstić information content (AvgIpc) is 3.19. The Hall–Kier alpha value is -1.02. The molecule has 3 heterocycles. The van der Waals surface area contributed by atoms with Crippen molar-refractivity contribution in [1.29, 1.82) is 0 Å². The molecule has 0 saturated carbocycles. The van der Waals surface area contributed by atoms with Crippen molar-refractivity contribution in [1.82, 2.24) is 9.21 Å². The van der Waals surface area contributed by atoms with Crippen LogP contribution in [0, 0.1) is 24.6 Å². The first-order valence-electron chi connectivity index (χ1n) is 8.82. The normalized spacial score (nSPS) is 34.8. The summed E-state index contributed by atoms with van der Waals surface area (Å²) in [6.45, 7) is 3.46. The third-order valence-electron chi connectivity index (χ3n) is 6.10. The summed E-state index contributed by atoms with van der Waals surface area (Å²) in [6, 6.07) is 3.95. The Morgan fingerprint density at radius 1 is 1.40 bits per heavy atom. The molecule has 3 fully saturated rings. The van der Waals surface area contributed by atoms with Crippen LogP contribution < -0.4 is 0 Å². The van der Waals surface area contributed by atoms with Gasteiger partial charge in [-0.2, -0.15) is 4.31 Å². The van der Waals surface area contributed by atoms with Gasteiger partial charge in [-0.25, -0.2) is 12.8 Å². The first kappa shape index (κ1) is 17.4. The Morgan fingerprint density at radius 2 is 2.16 bits per heavy atom. The lowest BCUT2D eigenvalue weighted by Gasteiger charge is -2.31. The van der Waals surface area contributed by atoms with E-state index in [0.29, 0.717) is 24.6 Å². The minimum absolute atomic E-state index is 0.0718. The quantitative estimate of drug-likeness (QED) is 0.814. The monoisotopic (exact) mass is 368 g/mol. The molecule has 4 atom stereocenters. The second kappa shape index (κ2) is 5.74. The minimum Gasteiger partial charge on any atom is -0.370 e. The van der Waals surface area contributed by atoms with Gasteiger partial charge in [-0.05, 0) is 51.6 Å². The van der Waals surface area contributed by atoms with Gasteiger partial charge in [0.25, 0.3) is 0 Å². The van der Waals surface area contributed by atoms with E-state index in [-0.39, 0.29) is 22.5 Å². The molecular formula is C18H25FN2O3S. The SMILES string of the molecule is Cc1ccc(F)cc1S(=O)(=O)N1C[C@@H]2[C@H](CN(C)C)[C@H]3CC[C@]2(C1)O3. The van der Waals surface area contributed by atoms with E-state index in [4.69, 9.17) is 4.74 Å². The number of sulfonamides is 1. The average molecular weight is 368 g/mol. The lowest BCUT2D eigenvalue weighted by molar-refractivity contribution is 0.00739. The maximum atomic E-state index is 13.6. The Kier molecular flexibility index (Phi) is 3.99. The molecule has 138 valence electrons. The Morgan fingerprint density at radius 3 is 2.88 bits per heavy atom.